The summed E-state index contributed by atoms with van der Waals surface area (Å²) in [6.45, 7) is 0. The maximum atomic E-state index is 5.54. The molecule has 2 saturated carbocycles. The van der Waals surface area contributed by atoms with Crippen LogP contribution in [0, 0.1) is 0 Å². The smallest absolute Gasteiger partial charge is 0.527 e. The Hall–Kier alpha value is -2.04. The first-order valence-corrected chi connectivity index (χ1v) is 7.56. The highest BCUT2D eigenvalue weighted by atomic mass is 16.6. The first-order valence-electron chi connectivity index (χ1n) is 7.56. The molecule has 0 aliphatic heterocycles. The van der Waals surface area contributed by atoms with Gasteiger partial charge in [-0.2, -0.15) is 0 Å². The molecule has 106 valence electrons. The van der Waals surface area contributed by atoms with E-state index < -0.39 is 0 Å². The van der Waals surface area contributed by atoms with Crippen LogP contribution >= 0.6 is 0 Å². The molecule has 0 saturated heterocycles. The van der Waals surface area contributed by atoms with Crippen LogP contribution in [-0.2, 0) is 0 Å². The van der Waals surface area contributed by atoms with Crippen molar-refractivity contribution < 1.29 is 9.31 Å². The SMILES string of the molecule is B(Oc1ccc(C2CC2)nc1)Oc1ccc(C2CC2)nc1. The maximum Gasteiger partial charge on any atom is 0.576 e. The fourth-order valence-corrected chi connectivity index (χ4v) is 2.36. The van der Waals surface area contributed by atoms with Crippen LogP contribution in [0.4, 0.5) is 0 Å². The molecule has 0 spiro atoms. The van der Waals surface area contributed by atoms with Gasteiger partial charge in [0.25, 0.3) is 0 Å². The van der Waals surface area contributed by atoms with E-state index in [4.69, 9.17) is 9.31 Å². The van der Waals surface area contributed by atoms with Crippen molar-refractivity contribution in [2.75, 3.05) is 0 Å². The summed E-state index contributed by atoms with van der Waals surface area (Å²) >= 11 is 0. The van der Waals surface area contributed by atoms with Gasteiger partial charge in [-0.1, -0.05) is 0 Å². The second-order valence-corrected chi connectivity index (χ2v) is 5.79. The Bertz CT molecular complexity index is 552. The van der Waals surface area contributed by atoms with Crippen molar-refractivity contribution >= 4 is 7.69 Å². The summed E-state index contributed by atoms with van der Waals surface area (Å²) in [4.78, 5) is 8.82. The molecule has 0 N–H and O–H groups in total. The zero-order chi connectivity index (χ0) is 14.1. The minimum atomic E-state index is 0.176. The van der Waals surface area contributed by atoms with Crippen molar-refractivity contribution in [2.45, 2.75) is 37.5 Å². The molecule has 2 aromatic heterocycles. The van der Waals surface area contributed by atoms with E-state index in [1.54, 1.807) is 12.4 Å². The molecule has 2 heterocycles. The highest BCUT2D eigenvalue weighted by molar-refractivity contribution is 6.20. The molecule has 2 aromatic rings. The van der Waals surface area contributed by atoms with Crippen molar-refractivity contribution in [3.05, 3.63) is 48.0 Å². The van der Waals surface area contributed by atoms with Crippen LogP contribution in [0.1, 0.15) is 48.9 Å². The van der Waals surface area contributed by atoms with Gasteiger partial charge in [-0.3, -0.25) is 9.97 Å². The molecule has 0 unspecified atom stereocenters. The molecule has 2 aliphatic rings. The second-order valence-electron chi connectivity index (χ2n) is 5.79. The molecular weight excluding hydrogens is 263 g/mol. The van der Waals surface area contributed by atoms with Crippen LogP contribution in [0.25, 0.3) is 0 Å². The summed E-state index contributed by atoms with van der Waals surface area (Å²) in [5, 5.41) is 0. The molecule has 2 fully saturated rings. The van der Waals surface area contributed by atoms with E-state index in [0.29, 0.717) is 11.8 Å². The third kappa shape index (κ3) is 3.18. The number of hydrogen-bond acceptors (Lipinski definition) is 4. The zero-order valence-electron chi connectivity index (χ0n) is 11.9. The van der Waals surface area contributed by atoms with E-state index in [1.165, 1.54) is 37.1 Å². The number of aromatic nitrogens is 2. The van der Waals surface area contributed by atoms with E-state index in [2.05, 4.69) is 9.97 Å². The highest BCUT2D eigenvalue weighted by Gasteiger charge is 2.25. The third-order valence-electron chi connectivity index (χ3n) is 3.96. The summed E-state index contributed by atoms with van der Waals surface area (Å²) in [5.41, 5.74) is 2.34. The minimum Gasteiger partial charge on any atom is -0.527 e. The normalized spacial score (nSPS) is 17.3. The van der Waals surface area contributed by atoms with Gasteiger partial charge in [0.2, 0.25) is 0 Å². The fourth-order valence-electron chi connectivity index (χ4n) is 2.36. The Morgan fingerprint density at radius 2 is 1.24 bits per heavy atom. The van der Waals surface area contributed by atoms with Crippen molar-refractivity contribution in [3.8, 4) is 11.5 Å². The quantitative estimate of drug-likeness (QED) is 0.763. The second kappa shape index (κ2) is 5.39. The first kappa shape index (κ1) is 12.7. The zero-order valence-corrected chi connectivity index (χ0v) is 11.9. The topological polar surface area (TPSA) is 44.2 Å². The Kier molecular flexibility index (Phi) is 3.26. The average Bonchev–Trinajstić information content (AvgIpc) is 3.41. The lowest BCUT2D eigenvalue weighted by Gasteiger charge is -2.08. The molecule has 0 amide bonds. The Labute approximate surface area is 124 Å². The van der Waals surface area contributed by atoms with Crippen LogP contribution in [0.2, 0.25) is 0 Å². The van der Waals surface area contributed by atoms with E-state index in [0.717, 1.165) is 11.5 Å². The fraction of sp³-hybridized carbons (Fsp3) is 0.375. The maximum absolute atomic E-state index is 5.54. The lowest BCUT2D eigenvalue weighted by Crippen LogP contribution is -2.11. The van der Waals surface area contributed by atoms with Gasteiger partial charge in [0.15, 0.2) is 0 Å². The summed E-state index contributed by atoms with van der Waals surface area (Å²) < 4.78 is 11.1. The lowest BCUT2D eigenvalue weighted by atomic mass is 10.2. The Morgan fingerprint density at radius 1 is 0.762 bits per heavy atom. The summed E-state index contributed by atoms with van der Waals surface area (Å²) in [6.07, 6.45) is 8.59. The highest BCUT2D eigenvalue weighted by Crippen LogP contribution is 2.39. The molecule has 0 bridgehead atoms. The number of hydrogen-bond donors (Lipinski definition) is 0. The van der Waals surface area contributed by atoms with Gasteiger partial charge in [-0.25, -0.2) is 0 Å². The molecule has 2 aliphatic carbocycles. The number of pyridine rings is 2. The first-order chi connectivity index (χ1) is 10.4. The summed E-state index contributed by atoms with van der Waals surface area (Å²) in [5.74, 6) is 2.82. The largest absolute Gasteiger partial charge is 0.576 e. The standard InChI is InChI=1S/C16H17BN2O2/c1-2-11(1)15-7-5-13(9-18-15)20-17-21-14-6-8-16(19-10-14)12-3-4-12/h5-12,17H,1-4H2. The predicted molar refractivity (Wildman–Crippen MR) is 80.8 cm³/mol. The monoisotopic (exact) mass is 280 g/mol. The molecule has 4 nitrogen and oxygen atoms in total. The van der Waals surface area contributed by atoms with Crippen LogP contribution in [-0.4, -0.2) is 17.7 Å². The van der Waals surface area contributed by atoms with Crippen LogP contribution in [0.5, 0.6) is 11.5 Å². The predicted octanol–water partition coefficient (Wildman–Crippen LogP) is 2.96. The number of nitrogens with zero attached hydrogens (tertiary/aromatic N) is 2. The van der Waals surface area contributed by atoms with E-state index >= 15 is 0 Å². The van der Waals surface area contributed by atoms with Crippen molar-refractivity contribution in [1.29, 1.82) is 0 Å². The molecule has 0 atom stereocenters. The Balaban J connectivity index is 1.28. The molecule has 5 heteroatoms. The van der Waals surface area contributed by atoms with Crippen molar-refractivity contribution in [3.63, 3.8) is 0 Å². The third-order valence-corrected chi connectivity index (χ3v) is 3.96. The van der Waals surface area contributed by atoms with Crippen LogP contribution in [0.15, 0.2) is 36.7 Å². The van der Waals surface area contributed by atoms with Crippen LogP contribution in [0.3, 0.4) is 0 Å². The van der Waals surface area contributed by atoms with Gasteiger partial charge < -0.3 is 9.31 Å². The van der Waals surface area contributed by atoms with E-state index in [9.17, 15) is 0 Å². The molecular formula is C16H17BN2O2. The average molecular weight is 280 g/mol. The Morgan fingerprint density at radius 3 is 1.57 bits per heavy atom. The van der Waals surface area contributed by atoms with E-state index in [1.807, 2.05) is 24.3 Å². The van der Waals surface area contributed by atoms with Gasteiger partial charge in [-0.05, 0) is 49.9 Å². The summed E-state index contributed by atoms with van der Waals surface area (Å²) in [6, 6.07) is 7.99. The number of rotatable bonds is 6. The van der Waals surface area contributed by atoms with Crippen molar-refractivity contribution in [2.24, 2.45) is 0 Å². The summed E-state index contributed by atoms with van der Waals surface area (Å²) in [7, 11) is 0.176. The molecule has 4 rings (SSSR count). The molecule has 0 aromatic carbocycles. The minimum absolute atomic E-state index is 0.176. The van der Waals surface area contributed by atoms with Gasteiger partial charge in [0.1, 0.15) is 11.5 Å². The molecule has 0 radical (unpaired) electrons. The van der Waals surface area contributed by atoms with Gasteiger partial charge in [0, 0.05) is 23.2 Å². The van der Waals surface area contributed by atoms with Gasteiger partial charge in [-0.15, -0.1) is 0 Å². The van der Waals surface area contributed by atoms with E-state index in [-0.39, 0.29) is 7.69 Å². The van der Waals surface area contributed by atoms with Gasteiger partial charge in [0.05, 0.1) is 12.4 Å². The molecule has 21 heavy (non-hydrogen) atoms. The van der Waals surface area contributed by atoms with Gasteiger partial charge >= 0.3 is 7.69 Å². The van der Waals surface area contributed by atoms with Crippen molar-refractivity contribution in [1.82, 2.24) is 9.97 Å². The van der Waals surface area contributed by atoms with Crippen LogP contribution < -0.4 is 9.31 Å². The lowest BCUT2D eigenvalue weighted by molar-refractivity contribution is 0.456.